The summed E-state index contributed by atoms with van der Waals surface area (Å²) in [6.45, 7) is -0.128. The van der Waals surface area contributed by atoms with Crippen molar-refractivity contribution in [2.24, 2.45) is 5.92 Å². The number of carbonyl (C=O) groups is 1. The number of amides is 1. The summed E-state index contributed by atoms with van der Waals surface area (Å²) >= 11 is 0. The molecule has 20 heavy (non-hydrogen) atoms. The number of anilines is 2. The van der Waals surface area contributed by atoms with Gasteiger partial charge in [0.15, 0.2) is 0 Å². The number of pyridine rings is 2. The minimum Gasteiger partial charge on any atom is -0.390 e. The first-order chi connectivity index (χ1) is 9.71. The SMILES string of the molecule is CNc1nc(CO)cc2cc(NC(=O)C3CC3)ncc12. The molecule has 0 bridgehead atoms. The molecule has 1 amide bonds. The standard InChI is InChI=1S/C14H16N4O2/c1-15-13-11-6-16-12(18-14(20)8-2-3-8)5-9(11)4-10(7-19)17-13/h4-6,8,19H,2-3,7H2,1H3,(H,15,17)(H,16,18,20). The second kappa shape index (κ2) is 5.05. The van der Waals surface area contributed by atoms with Gasteiger partial charge in [-0.05, 0) is 30.4 Å². The van der Waals surface area contributed by atoms with Gasteiger partial charge in [-0.25, -0.2) is 9.97 Å². The number of carbonyl (C=O) groups excluding carboxylic acids is 1. The van der Waals surface area contributed by atoms with E-state index in [0.29, 0.717) is 17.3 Å². The molecular formula is C14H16N4O2. The zero-order chi connectivity index (χ0) is 14.1. The molecule has 1 aliphatic carbocycles. The number of fused-ring (bicyclic) bond motifs is 1. The molecule has 1 saturated carbocycles. The van der Waals surface area contributed by atoms with E-state index in [9.17, 15) is 9.90 Å². The molecule has 0 aliphatic heterocycles. The minimum absolute atomic E-state index is 0.0297. The van der Waals surface area contributed by atoms with Gasteiger partial charge >= 0.3 is 0 Å². The summed E-state index contributed by atoms with van der Waals surface area (Å²) in [6, 6.07) is 3.60. The summed E-state index contributed by atoms with van der Waals surface area (Å²) in [5.41, 5.74) is 0.576. The highest BCUT2D eigenvalue weighted by Gasteiger charge is 2.29. The van der Waals surface area contributed by atoms with E-state index in [0.717, 1.165) is 23.6 Å². The molecule has 6 heteroatoms. The van der Waals surface area contributed by atoms with E-state index >= 15 is 0 Å². The van der Waals surface area contributed by atoms with Gasteiger partial charge in [-0.1, -0.05) is 0 Å². The van der Waals surface area contributed by atoms with Crippen molar-refractivity contribution in [3.63, 3.8) is 0 Å². The lowest BCUT2D eigenvalue weighted by atomic mass is 10.1. The molecule has 3 rings (SSSR count). The van der Waals surface area contributed by atoms with Crippen LogP contribution in [0.1, 0.15) is 18.5 Å². The molecule has 2 aromatic rings. The van der Waals surface area contributed by atoms with E-state index in [1.807, 2.05) is 0 Å². The Labute approximate surface area is 116 Å². The Morgan fingerprint density at radius 3 is 2.90 bits per heavy atom. The summed E-state index contributed by atoms with van der Waals surface area (Å²) in [6.07, 6.45) is 3.60. The maximum Gasteiger partial charge on any atom is 0.228 e. The van der Waals surface area contributed by atoms with E-state index in [1.54, 1.807) is 25.4 Å². The van der Waals surface area contributed by atoms with Crippen LogP contribution < -0.4 is 10.6 Å². The molecule has 2 heterocycles. The van der Waals surface area contributed by atoms with Crippen molar-refractivity contribution in [2.45, 2.75) is 19.4 Å². The van der Waals surface area contributed by atoms with Gasteiger partial charge in [-0.15, -0.1) is 0 Å². The Morgan fingerprint density at radius 2 is 2.25 bits per heavy atom. The molecule has 0 unspecified atom stereocenters. The van der Waals surface area contributed by atoms with E-state index in [1.165, 1.54) is 0 Å². The fourth-order valence-electron chi connectivity index (χ4n) is 2.12. The summed E-state index contributed by atoms with van der Waals surface area (Å²) in [7, 11) is 1.77. The Balaban J connectivity index is 1.98. The van der Waals surface area contributed by atoms with E-state index in [-0.39, 0.29) is 18.4 Å². The second-order valence-electron chi connectivity index (χ2n) is 4.92. The van der Waals surface area contributed by atoms with E-state index < -0.39 is 0 Å². The first-order valence-corrected chi connectivity index (χ1v) is 6.60. The lowest BCUT2D eigenvalue weighted by molar-refractivity contribution is -0.117. The van der Waals surface area contributed by atoms with Gasteiger partial charge < -0.3 is 15.7 Å². The molecule has 6 nitrogen and oxygen atoms in total. The van der Waals surface area contributed by atoms with Gasteiger partial charge in [0.1, 0.15) is 11.6 Å². The monoisotopic (exact) mass is 272 g/mol. The number of aliphatic hydroxyl groups excluding tert-OH is 1. The highest BCUT2D eigenvalue weighted by molar-refractivity contribution is 5.97. The third-order valence-electron chi connectivity index (χ3n) is 3.37. The fraction of sp³-hybridized carbons (Fsp3) is 0.357. The van der Waals surface area contributed by atoms with Crippen molar-refractivity contribution in [1.29, 1.82) is 0 Å². The zero-order valence-electron chi connectivity index (χ0n) is 11.2. The first-order valence-electron chi connectivity index (χ1n) is 6.60. The Kier molecular flexibility index (Phi) is 3.23. The number of rotatable bonds is 4. The zero-order valence-corrected chi connectivity index (χ0v) is 11.2. The molecule has 1 aliphatic rings. The lowest BCUT2D eigenvalue weighted by Gasteiger charge is -2.09. The largest absolute Gasteiger partial charge is 0.390 e. The molecular weight excluding hydrogens is 256 g/mol. The van der Waals surface area contributed by atoms with Crippen LogP contribution in [0.3, 0.4) is 0 Å². The van der Waals surface area contributed by atoms with Crippen molar-refractivity contribution in [3.8, 4) is 0 Å². The molecule has 0 atom stereocenters. The lowest BCUT2D eigenvalue weighted by Crippen LogP contribution is -2.14. The number of nitrogens with one attached hydrogen (secondary N) is 2. The van der Waals surface area contributed by atoms with Gasteiger partial charge in [0.2, 0.25) is 5.91 Å². The van der Waals surface area contributed by atoms with Gasteiger partial charge in [-0.3, -0.25) is 4.79 Å². The summed E-state index contributed by atoms with van der Waals surface area (Å²) in [4.78, 5) is 20.3. The molecule has 3 N–H and O–H groups in total. The van der Waals surface area contributed by atoms with Crippen molar-refractivity contribution < 1.29 is 9.90 Å². The maximum atomic E-state index is 11.7. The van der Waals surface area contributed by atoms with Crippen molar-refractivity contribution in [1.82, 2.24) is 9.97 Å². The predicted octanol–water partition coefficient (Wildman–Crippen LogP) is 1.51. The minimum atomic E-state index is -0.128. The topological polar surface area (TPSA) is 87.1 Å². The molecule has 0 saturated heterocycles. The molecule has 2 aromatic heterocycles. The maximum absolute atomic E-state index is 11.7. The molecule has 0 spiro atoms. The van der Waals surface area contributed by atoms with Crippen LogP contribution in [0.15, 0.2) is 18.3 Å². The van der Waals surface area contributed by atoms with Gasteiger partial charge in [-0.2, -0.15) is 0 Å². The van der Waals surface area contributed by atoms with Crippen LogP contribution in [-0.2, 0) is 11.4 Å². The number of aliphatic hydroxyl groups is 1. The second-order valence-corrected chi connectivity index (χ2v) is 4.92. The molecule has 1 fully saturated rings. The van der Waals surface area contributed by atoms with Crippen molar-refractivity contribution >= 4 is 28.3 Å². The third-order valence-corrected chi connectivity index (χ3v) is 3.37. The summed E-state index contributed by atoms with van der Waals surface area (Å²) in [5, 5.41) is 16.8. The highest BCUT2D eigenvalue weighted by atomic mass is 16.3. The third kappa shape index (κ3) is 2.42. The van der Waals surface area contributed by atoms with Crippen LogP contribution in [0.4, 0.5) is 11.6 Å². The Bertz CT molecular complexity index is 668. The van der Waals surface area contributed by atoms with Crippen LogP contribution in [0, 0.1) is 5.92 Å². The van der Waals surface area contributed by atoms with E-state index in [2.05, 4.69) is 20.6 Å². The summed E-state index contributed by atoms with van der Waals surface area (Å²) in [5.74, 6) is 1.37. The van der Waals surface area contributed by atoms with Crippen LogP contribution in [0.5, 0.6) is 0 Å². The van der Waals surface area contributed by atoms with Crippen LogP contribution in [-0.4, -0.2) is 28.0 Å². The average molecular weight is 272 g/mol. The van der Waals surface area contributed by atoms with Crippen LogP contribution in [0.2, 0.25) is 0 Å². The van der Waals surface area contributed by atoms with E-state index in [4.69, 9.17) is 0 Å². The number of nitrogens with zero attached hydrogens (tertiary/aromatic N) is 2. The number of hydrogen-bond donors (Lipinski definition) is 3. The normalized spacial score (nSPS) is 14.3. The van der Waals surface area contributed by atoms with Gasteiger partial charge in [0.05, 0.1) is 12.3 Å². The fourth-order valence-corrected chi connectivity index (χ4v) is 2.12. The van der Waals surface area contributed by atoms with Crippen molar-refractivity contribution in [2.75, 3.05) is 17.7 Å². The number of aromatic nitrogens is 2. The van der Waals surface area contributed by atoms with Gasteiger partial charge in [0, 0.05) is 24.5 Å². The highest BCUT2D eigenvalue weighted by Crippen LogP contribution is 2.30. The van der Waals surface area contributed by atoms with Gasteiger partial charge in [0.25, 0.3) is 0 Å². The first kappa shape index (κ1) is 12.8. The predicted molar refractivity (Wildman–Crippen MR) is 76.4 cm³/mol. The molecule has 0 aromatic carbocycles. The smallest absolute Gasteiger partial charge is 0.228 e. The quantitative estimate of drug-likeness (QED) is 0.785. The Hall–Kier alpha value is -2.21. The molecule has 0 radical (unpaired) electrons. The molecule has 104 valence electrons. The van der Waals surface area contributed by atoms with Crippen molar-refractivity contribution in [3.05, 3.63) is 24.0 Å². The Morgan fingerprint density at radius 1 is 1.45 bits per heavy atom. The summed E-state index contributed by atoms with van der Waals surface area (Å²) < 4.78 is 0. The van der Waals surface area contributed by atoms with Crippen LogP contribution >= 0.6 is 0 Å². The average Bonchev–Trinajstić information content (AvgIpc) is 3.30. The van der Waals surface area contributed by atoms with Crippen LogP contribution in [0.25, 0.3) is 10.8 Å². The number of hydrogen-bond acceptors (Lipinski definition) is 5.